The third kappa shape index (κ3) is 3.68. The molecular weight excluding hydrogens is 344 g/mol. The zero-order valence-electron chi connectivity index (χ0n) is 13.4. The smallest absolute Gasteiger partial charge is 0.260 e. The summed E-state index contributed by atoms with van der Waals surface area (Å²) in [6, 6.07) is 14.8. The number of carbonyl (C=O) groups is 1. The third-order valence-corrected chi connectivity index (χ3v) is 5.28. The van der Waals surface area contributed by atoms with E-state index in [2.05, 4.69) is 4.98 Å². The second-order valence-electron chi connectivity index (χ2n) is 5.44. The van der Waals surface area contributed by atoms with Gasteiger partial charge in [-0.2, -0.15) is 0 Å². The Bertz CT molecular complexity index is 815. The fraction of sp³-hybridized carbons (Fsp3) is 0.222. The van der Waals surface area contributed by atoms with E-state index in [1.165, 1.54) is 0 Å². The Labute approximate surface area is 149 Å². The minimum absolute atomic E-state index is 0.0205. The Hall–Kier alpha value is -2.11. The van der Waals surface area contributed by atoms with Crippen molar-refractivity contribution in [1.29, 1.82) is 0 Å². The Morgan fingerprint density at radius 1 is 1.25 bits per heavy atom. The Morgan fingerprint density at radius 2 is 1.96 bits per heavy atom. The molecule has 1 amide bonds. The van der Waals surface area contributed by atoms with Crippen LogP contribution in [0.5, 0.6) is 5.75 Å². The lowest BCUT2D eigenvalue weighted by molar-refractivity contribution is -0.134. The zero-order valence-corrected chi connectivity index (χ0v) is 15.0. The first kappa shape index (κ1) is 16.7. The fourth-order valence-electron chi connectivity index (χ4n) is 2.23. The topological polar surface area (TPSA) is 42.4 Å². The molecule has 24 heavy (non-hydrogen) atoms. The van der Waals surface area contributed by atoms with Crippen molar-refractivity contribution in [3.63, 3.8) is 0 Å². The Kier molecular flexibility index (Phi) is 5.02. The van der Waals surface area contributed by atoms with Crippen LogP contribution >= 0.6 is 22.9 Å². The van der Waals surface area contributed by atoms with Crippen molar-refractivity contribution in [1.82, 2.24) is 9.88 Å². The van der Waals surface area contributed by atoms with Crippen LogP contribution in [0.25, 0.3) is 10.2 Å². The van der Waals surface area contributed by atoms with E-state index in [1.54, 1.807) is 47.5 Å². The molecule has 2 aromatic carbocycles. The van der Waals surface area contributed by atoms with Gasteiger partial charge in [0.05, 0.1) is 16.3 Å². The van der Waals surface area contributed by atoms with E-state index in [4.69, 9.17) is 16.3 Å². The molecule has 0 unspecified atom stereocenters. The van der Waals surface area contributed by atoms with Crippen LogP contribution in [0, 0.1) is 0 Å². The molecule has 0 N–H and O–H groups in total. The predicted octanol–water partition coefficient (Wildman–Crippen LogP) is 4.55. The first-order valence-corrected chi connectivity index (χ1v) is 8.73. The summed E-state index contributed by atoms with van der Waals surface area (Å²) in [6.07, 6.45) is 0. The summed E-state index contributed by atoms with van der Waals surface area (Å²) in [6.45, 7) is 1.95. The maximum absolute atomic E-state index is 12.4. The van der Waals surface area contributed by atoms with Crippen LogP contribution in [-0.2, 0) is 4.79 Å². The number of hydrogen-bond donors (Lipinski definition) is 0. The minimum Gasteiger partial charge on any atom is -0.484 e. The van der Waals surface area contributed by atoms with Crippen LogP contribution in [0.4, 0.5) is 0 Å². The summed E-state index contributed by atoms with van der Waals surface area (Å²) in [5, 5.41) is 1.55. The highest BCUT2D eigenvalue weighted by atomic mass is 35.5. The van der Waals surface area contributed by atoms with E-state index in [0.29, 0.717) is 10.8 Å². The van der Waals surface area contributed by atoms with Crippen molar-refractivity contribution in [3.05, 3.63) is 58.6 Å². The average molecular weight is 361 g/mol. The van der Waals surface area contributed by atoms with E-state index in [0.717, 1.165) is 15.2 Å². The number of nitrogens with zero attached hydrogens (tertiary/aromatic N) is 2. The molecule has 0 saturated heterocycles. The molecule has 4 nitrogen and oxygen atoms in total. The van der Waals surface area contributed by atoms with Crippen molar-refractivity contribution < 1.29 is 9.53 Å². The molecule has 124 valence electrons. The number of halogens is 1. The SMILES string of the molecule is C[C@@H](c1nc2ccccc2s1)N(C)C(=O)COc1ccc(Cl)cc1. The average Bonchev–Trinajstić information content (AvgIpc) is 3.03. The number of thiazole rings is 1. The number of rotatable bonds is 5. The van der Waals surface area contributed by atoms with Crippen LogP contribution in [0.15, 0.2) is 48.5 Å². The number of para-hydroxylation sites is 1. The van der Waals surface area contributed by atoms with Gasteiger partial charge in [0.1, 0.15) is 10.8 Å². The van der Waals surface area contributed by atoms with Gasteiger partial charge in [-0.25, -0.2) is 4.98 Å². The van der Waals surface area contributed by atoms with Crippen molar-refractivity contribution in [2.75, 3.05) is 13.7 Å². The van der Waals surface area contributed by atoms with Crippen molar-refractivity contribution in [3.8, 4) is 5.75 Å². The van der Waals surface area contributed by atoms with Crippen LogP contribution in [-0.4, -0.2) is 29.4 Å². The molecule has 3 rings (SSSR count). The second-order valence-corrected chi connectivity index (χ2v) is 6.94. The van der Waals surface area contributed by atoms with Gasteiger partial charge >= 0.3 is 0 Å². The molecule has 1 aromatic heterocycles. The van der Waals surface area contributed by atoms with Gasteiger partial charge in [-0.3, -0.25) is 4.79 Å². The lowest BCUT2D eigenvalue weighted by Gasteiger charge is -2.23. The maximum atomic E-state index is 12.4. The summed E-state index contributed by atoms with van der Waals surface area (Å²) in [7, 11) is 1.77. The van der Waals surface area contributed by atoms with Crippen LogP contribution < -0.4 is 4.74 Å². The summed E-state index contributed by atoms with van der Waals surface area (Å²) >= 11 is 7.44. The van der Waals surface area contributed by atoms with E-state index in [9.17, 15) is 4.79 Å². The summed E-state index contributed by atoms with van der Waals surface area (Å²) < 4.78 is 6.64. The molecule has 0 aliphatic heterocycles. The first-order chi connectivity index (χ1) is 11.5. The van der Waals surface area contributed by atoms with E-state index in [1.807, 2.05) is 31.2 Å². The fourth-order valence-corrected chi connectivity index (χ4v) is 3.42. The molecule has 1 atom stereocenters. The molecule has 0 saturated carbocycles. The van der Waals surface area contributed by atoms with Gasteiger partial charge in [0.25, 0.3) is 5.91 Å². The van der Waals surface area contributed by atoms with Gasteiger partial charge in [0.15, 0.2) is 6.61 Å². The Balaban J connectivity index is 1.64. The number of fused-ring (bicyclic) bond motifs is 1. The van der Waals surface area contributed by atoms with E-state index >= 15 is 0 Å². The molecule has 0 radical (unpaired) electrons. The highest BCUT2D eigenvalue weighted by molar-refractivity contribution is 7.18. The van der Waals surface area contributed by atoms with E-state index < -0.39 is 0 Å². The number of benzene rings is 2. The van der Waals surface area contributed by atoms with Crippen molar-refractivity contribution >= 4 is 39.1 Å². The predicted molar refractivity (Wildman–Crippen MR) is 97.8 cm³/mol. The highest BCUT2D eigenvalue weighted by Crippen LogP contribution is 2.28. The summed E-state index contributed by atoms with van der Waals surface area (Å²) in [5.74, 6) is 0.519. The van der Waals surface area contributed by atoms with E-state index in [-0.39, 0.29) is 18.6 Å². The quantitative estimate of drug-likeness (QED) is 0.670. The number of likely N-dealkylation sites (N-methyl/N-ethyl adjacent to an activating group) is 1. The second kappa shape index (κ2) is 7.20. The van der Waals surface area contributed by atoms with Gasteiger partial charge in [0.2, 0.25) is 0 Å². The van der Waals surface area contributed by atoms with Crippen LogP contribution in [0.3, 0.4) is 0 Å². The van der Waals surface area contributed by atoms with Gasteiger partial charge in [0, 0.05) is 12.1 Å². The third-order valence-electron chi connectivity index (χ3n) is 3.82. The molecule has 0 fully saturated rings. The molecule has 0 bridgehead atoms. The number of hydrogen-bond acceptors (Lipinski definition) is 4. The monoisotopic (exact) mass is 360 g/mol. The molecule has 0 aliphatic rings. The number of amides is 1. The molecule has 0 spiro atoms. The largest absolute Gasteiger partial charge is 0.484 e. The van der Waals surface area contributed by atoms with Gasteiger partial charge < -0.3 is 9.64 Å². The van der Waals surface area contributed by atoms with Crippen LogP contribution in [0.1, 0.15) is 18.0 Å². The summed E-state index contributed by atoms with van der Waals surface area (Å²) in [4.78, 5) is 18.6. The van der Waals surface area contributed by atoms with Crippen molar-refractivity contribution in [2.45, 2.75) is 13.0 Å². The molecule has 6 heteroatoms. The number of ether oxygens (including phenoxy) is 1. The first-order valence-electron chi connectivity index (χ1n) is 7.54. The van der Waals surface area contributed by atoms with Gasteiger partial charge in [-0.15, -0.1) is 11.3 Å². The maximum Gasteiger partial charge on any atom is 0.260 e. The standard InChI is InChI=1S/C18H17ClN2O2S/c1-12(18-20-15-5-3-4-6-16(15)24-18)21(2)17(22)11-23-14-9-7-13(19)8-10-14/h3-10,12H,11H2,1-2H3/t12-/m0/s1. The molecular formula is C18H17ClN2O2S. The highest BCUT2D eigenvalue weighted by Gasteiger charge is 2.21. The lowest BCUT2D eigenvalue weighted by atomic mass is 10.3. The van der Waals surface area contributed by atoms with Crippen LogP contribution in [0.2, 0.25) is 5.02 Å². The van der Waals surface area contributed by atoms with Gasteiger partial charge in [-0.05, 0) is 43.3 Å². The lowest BCUT2D eigenvalue weighted by Crippen LogP contribution is -2.33. The number of aromatic nitrogens is 1. The molecule has 1 heterocycles. The van der Waals surface area contributed by atoms with Gasteiger partial charge in [-0.1, -0.05) is 23.7 Å². The molecule has 0 aliphatic carbocycles. The normalized spacial score (nSPS) is 12.1. The van der Waals surface area contributed by atoms with Crippen molar-refractivity contribution in [2.24, 2.45) is 0 Å². The Morgan fingerprint density at radius 3 is 2.67 bits per heavy atom. The molecule has 3 aromatic rings. The minimum atomic E-state index is -0.108. The summed E-state index contributed by atoms with van der Waals surface area (Å²) in [5.41, 5.74) is 0.961. The zero-order chi connectivity index (χ0) is 17.1. The number of carbonyl (C=O) groups excluding carboxylic acids is 1.